The molecule has 0 bridgehead atoms. The van der Waals surface area contributed by atoms with Gasteiger partial charge in [0.1, 0.15) is 11.5 Å². The first-order valence-corrected chi connectivity index (χ1v) is 9.68. The molecule has 1 unspecified atom stereocenters. The summed E-state index contributed by atoms with van der Waals surface area (Å²) >= 11 is 0. The van der Waals surface area contributed by atoms with Crippen LogP contribution in [0, 0.1) is 5.92 Å². The number of carbonyl (C=O) groups excluding carboxylic acids is 3. The fourth-order valence-electron chi connectivity index (χ4n) is 2.70. The first kappa shape index (κ1) is 22.7. The lowest BCUT2D eigenvalue weighted by Crippen LogP contribution is -2.70. The molecule has 8 heteroatoms. The molecule has 0 heterocycles. The fourth-order valence-corrected chi connectivity index (χ4v) is 2.70. The van der Waals surface area contributed by atoms with Crippen LogP contribution in [0.15, 0.2) is 60.7 Å². The van der Waals surface area contributed by atoms with Crippen molar-refractivity contribution < 1.29 is 28.6 Å². The SMILES string of the molecule is CCOC(=O)C(NC(=O)Oc1ccccc1)(NC(=O)Oc1ccccc1)C(C)CC. The number of benzene rings is 2. The quantitative estimate of drug-likeness (QED) is 0.502. The molecule has 0 saturated heterocycles. The Labute approximate surface area is 175 Å². The van der Waals surface area contributed by atoms with Gasteiger partial charge in [0.25, 0.3) is 0 Å². The summed E-state index contributed by atoms with van der Waals surface area (Å²) < 4.78 is 15.6. The van der Waals surface area contributed by atoms with Crippen molar-refractivity contribution in [2.24, 2.45) is 5.92 Å². The number of amides is 2. The standard InChI is InChI=1S/C22H26N2O6/c1-4-16(3)22(19(25)28-5-2,23-20(26)29-17-12-8-6-9-13-17)24-21(27)30-18-14-10-7-11-15-18/h6-16H,4-5H2,1-3H3,(H,23,26)(H,24,27). The molecule has 0 radical (unpaired) electrons. The third-order valence-corrected chi connectivity index (χ3v) is 4.45. The summed E-state index contributed by atoms with van der Waals surface area (Å²) in [5.41, 5.74) is -1.89. The highest BCUT2D eigenvalue weighted by Gasteiger charge is 2.48. The lowest BCUT2D eigenvalue weighted by Gasteiger charge is -2.36. The Bertz CT molecular complexity index is 786. The van der Waals surface area contributed by atoms with Gasteiger partial charge in [-0.15, -0.1) is 0 Å². The van der Waals surface area contributed by atoms with E-state index in [1.165, 1.54) is 0 Å². The molecular formula is C22H26N2O6. The summed E-state index contributed by atoms with van der Waals surface area (Å²) in [6.07, 6.45) is -1.40. The van der Waals surface area contributed by atoms with Crippen LogP contribution in [0.1, 0.15) is 27.2 Å². The zero-order valence-corrected chi connectivity index (χ0v) is 17.2. The van der Waals surface area contributed by atoms with Gasteiger partial charge in [0, 0.05) is 5.92 Å². The van der Waals surface area contributed by atoms with Gasteiger partial charge in [-0.05, 0) is 37.6 Å². The molecular weight excluding hydrogens is 388 g/mol. The van der Waals surface area contributed by atoms with Crippen molar-refractivity contribution in [3.05, 3.63) is 60.7 Å². The van der Waals surface area contributed by atoms with Crippen molar-refractivity contribution in [2.45, 2.75) is 32.9 Å². The maximum Gasteiger partial charge on any atom is 0.414 e. The molecule has 0 fully saturated rings. The first-order chi connectivity index (χ1) is 14.4. The fraction of sp³-hybridized carbons (Fsp3) is 0.318. The molecule has 2 amide bonds. The molecule has 0 aliphatic rings. The number of rotatable bonds is 8. The van der Waals surface area contributed by atoms with E-state index < -0.39 is 29.7 Å². The van der Waals surface area contributed by atoms with Gasteiger partial charge in [0.2, 0.25) is 5.66 Å². The van der Waals surface area contributed by atoms with Gasteiger partial charge >= 0.3 is 18.2 Å². The van der Waals surface area contributed by atoms with Gasteiger partial charge in [0.05, 0.1) is 6.61 Å². The second-order valence-corrected chi connectivity index (χ2v) is 6.49. The Morgan fingerprint density at radius 3 is 1.63 bits per heavy atom. The number of para-hydroxylation sites is 2. The summed E-state index contributed by atoms with van der Waals surface area (Å²) in [6, 6.07) is 16.7. The molecule has 2 aromatic carbocycles. The molecule has 0 spiro atoms. The zero-order chi connectivity index (χ0) is 22.0. The lowest BCUT2D eigenvalue weighted by molar-refractivity contribution is -0.155. The van der Waals surface area contributed by atoms with E-state index in [2.05, 4.69) is 10.6 Å². The smallest absolute Gasteiger partial charge is 0.414 e. The van der Waals surface area contributed by atoms with Gasteiger partial charge in [-0.2, -0.15) is 0 Å². The van der Waals surface area contributed by atoms with Crippen LogP contribution in [-0.2, 0) is 9.53 Å². The van der Waals surface area contributed by atoms with Crippen LogP contribution < -0.4 is 20.1 Å². The molecule has 0 saturated carbocycles. The van der Waals surface area contributed by atoms with E-state index in [1.807, 2.05) is 6.92 Å². The van der Waals surface area contributed by atoms with Crippen LogP contribution in [-0.4, -0.2) is 30.4 Å². The predicted octanol–water partition coefficient (Wildman–Crippen LogP) is 3.87. The van der Waals surface area contributed by atoms with E-state index in [4.69, 9.17) is 14.2 Å². The topological polar surface area (TPSA) is 103 Å². The molecule has 8 nitrogen and oxygen atoms in total. The van der Waals surface area contributed by atoms with Crippen molar-refractivity contribution in [1.29, 1.82) is 0 Å². The maximum atomic E-state index is 12.9. The van der Waals surface area contributed by atoms with E-state index in [1.54, 1.807) is 74.5 Å². The van der Waals surface area contributed by atoms with Crippen molar-refractivity contribution >= 4 is 18.2 Å². The van der Waals surface area contributed by atoms with Gasteiger partial charge in [-0.1, -0.05) is 50.2 Å². The summed E-state index contributed by atoms with van der Waals surface area (Å²) in [5, 5.41) is 4.97. The van der Waals surface area contributed by atoms with Gasteiger partial charge in [-0.25, -0.2) is 14.4 Å². The average molecular weight is 414 g/mol. The zero-order valence-electron chi connectivity index (χ0n) is 17.2. The van der Waals surface area contributed by atoms with Crippen LogP contribution >= 0.6 is 0 Å². The van der Waals surface area contributed by atoms with Crippen LogP contribution in [0.3, 0.4) is 0 Å². The number of nitrogens with one attached hydrogen (secondary N) is 2. The van der Waals surface area contributed by atoms with Crippen LogP contribution in [0.4, 0.5) is 9.59 Å². The number of ether oxygens (including phenoxy) is 3. The monoisotopic (exact) mass is 414 g/mol. The molecule has 1 atom stereocenters. The van der Waals surface area contributed by atoms with Crippen molar-refractivity contribution in [3.63, 3.8) is 0 Å². The average Bonchev–Trinajstić information content (AvgIpc) is 2.74. The maximum absolute atomic E-state index is 12.9. The van der Waals surface area contributed by atoms with E-state index in [0.29, 0.717) is 6.42 Å². The molecule has 0 aliphatic carbocycles. The minimum atomic E-state index is -1.89. The van der Waals surface area contributed by atoms with Crippen molar-refractivity contribution in [2.75, 3.05) is 6.61 Å². The predicted molar refractivity (Wildman–Crippen MR) is 110 cm³/mol. The molecule has 2 aromatic rings. The molecule has 30 heavy (non-hydrogen) atoms. The van der Waals surface area contributed by atoms with Crippen LogP contribution in [0.5, 0.6) is 11.5 Å². The molecule has 2 rings (SSSR count). The van der Waals surface area contributed by atoms with Crippen LogP contribution in [0.25, 0.3) is 0 Å². The first-order valence-electron chi connectivity index (χ1n) is 9.68. The number of carbonyl (C=O) groups is 3. The number of esters is 1. The molecule has 0 aromatic heterocycles. The third-order valence-electron chi connectivity index (χ3n) is 4.45. The van der Waals surface area contributed by atoms with E-state index >= 15 is 0 Å². The highest BCUT2D eigenvalue weighted by Crippen LogP contribution is 2.22. The van der Waals surface area contributed by atoms with E-state index in [0.717, 1.165) is 0 Å². The van der Waals surface area contributed by atoms with Gasteiger partial charge in [0.15, 0.2) is 0 Å². The lowest BCUT2D eigenvalue weighted by atomic mass is 9.91. The molecule has 160 valence electrons. The van der Waals surface area contributed by atoms with E-state index in [9.17, 15) is 14.4 Å². The van der Waals surface area contributed by atoms with Crippen LogP contribution in [0.2, 0.25) is 0 Å². The summed E-state index contributed by atoms with van der Waals surface area (Å²) in [6.45, 7) is 5.20. The normalized spacial score (nSPS) is 11.7. The minimum Gasteiger partial charge on any atom is -0.463 e. The van der Waals surface area contributed by atoms with E-state index in [-0.39, 0.29) is 18.1 Å². The highest BCUT2D eigenvalue weighted by molar-refractivity contribution is 5.90. The molecule has 0 aliphatic heterocycles. The summed E-state index contributed by atoms with van der Waals surface area (Å²) in [5.74, 6) is -0.801. The van der Waals surface area contributed by atoms with Gasteiger partial charge in [-0.3, -0.25) is 10.6 Å². The van der Waals surface area contributed by atoms with Gasteiger partial charge < -0.3 is 14.2 Å². The minimum absolute atomic E-state index is 0.0574. The summed E-state index contributed by atoms with van der Waals surface area (Å²) in [7, 11) is 0. The Balaban J connectivity index is 2.27. The third kappa shape index (κ3) is 5.97. The Kier molecular flexibility index (Phi) is 8.22. The van der Waals surface area contributed by atoms with Crippen molar-refractivity contribution in [3.8, 4) is 11.5 Å². The number of hydrogen-bond donors (Lipinski definition) is 2. The Morgan fingerprint density at radius 1 is 0.833 bits per heavy atom. The highest BCUT2D eigenvalue weighted by atomic mass is 16.6. The Hall–Kier alpha value is -3.55. The molecule has 2 N–H and O–H groups in total. The Morgan fingerprint density at radius 2 is 1.27 bits per heavy atom. The number of hydrogen-bond acceptors (Lipinski definition) is 6. The second kappa shape index (κ2) is 10.8. The largest absolute Gasteiger partial charge is 0.463 e. The summed E-state index contributed by atoms with van der Waals surface area (Å²) in [4.78, 5) is 38.0. The second-order valence-electron chi connectivity index (χ2n) is 6.49. The van der Waals surface area contributed by atoms with Crippen molar-refractivity contribution in [1.82, 2.24) is 10.6 Å².